The third kappa shape index (κ3) is 6.04. The number of carbonyl (C=O) groups excluding carboxylic acids is 3. The SMILES string of the molecule is Cc1ccccc1NC(=O)C(OC(=O)c1ccccc1)C(OC(=O)c1ccccc1)C(=O)O. The van der Waals surface area contributed by atoms with Crippen LogP contribution in [0.4, 0.5) is 5.69 Å². The maximum atomic E-state index is 13.1. The highest BCUT2D eigenvalue weighted by atomic mass is 16.6. The first kappa shape index (κ1) is 23.2. The van der Waals surface area contributed by atoms with Crippen LogP contribution < -0.4 is 5.32 Å². The smallest absolute Gasteiger partial charge is 0.349 e. The molecule has 1 amide bonds. The summed E-state index contributed by atoms with van der Waals surface area (Å²) in [6, 6.07) is 22.2. The second kappa shape index (κ2) is 10.7. The molecule has 0 aliphatic carbocycles. The Morgan fingerprint density at radius 2 is 1.15 bits per heavy atom. The summed E-state index contributed by atoms with van der Waals surface area (Å²) >= 11 is 0. The van der Waals surface area contributed by atoms with E-state index in [-0.39, 0.29) is 11.1 Å². The van der Waals surface area contributed by atoms with Crippen molar-refractivity contribution in [2.45, 2.75) is 19.1 Å². The molecule has 8 nitrogen and oxygen atoms in total. The topological polar surface area (TPSA) is 119 Å². The third-order valence-corrected chi connectivity index (χ3v) is 4.67. The monoisotopic (exact) mass is 447 g/mol. The van der Waals surface area contributed by atoms with Gasteiger partial charge in [-0.15, -0.1) is 0 Å². The van der Waals surface area contributed by atoms with Gasteiger partial charge in [0, 0.05) is 5.69 Å². The van der Waals surface area contributed by atoms with E-state index in [1.807, 2.05) is 0 Å². The maximum Gasteiger partial charge on any atom is 0.349 e. The van der Waals surface area contributed by atoms with Crippen molar-refractivity contribution in [3.05, 3.63) is 102 Å². The number of esters is 2. The van der Waals surface area contributed by atoms with E-state index < -0.39 is 36.0 Å². The lowest BCUT2D eigenvalue weighted by Crippen LogP contribution is -2.48. The number of aryl methyl sites for hydroxylation is 1. The molecule has 168 valence electrons. The number of carboxylic acids is 1. The van der Waals surface area contributed by atoms with Gasteiger partial charge in [0.15, 0.2) is 0 Å². The Labute approximate surface area is 189 Å². The molecule has 0 saturated carbocycles. The van der Waals surface area contributed by atoms with Gasteiger partial charge >= 0.3 is 17.9 Å². The number of benzene rings is 3. The summed E-state index contributed by atoms with van der Waals surface area (Å²) in [5, 5.41) is 12.3. The molecule has 3 aromatic carbocycles. The molecule has 0 saturated heterocycles. The minimum absolute atomic E-state index is 0.0798. The molecule has 0 heterocycles. The van der Waals surface area contributed by atoms with Gasteiger partial charge < -0.3 is 19.9 Å². The number of rotatable bonds is 8. The molecular formula is C25H21NO7. The lowest BCUT2D eigenvalue weighted by atomic mass is 10.1. The number of hydrogen-bond donors (Lipinski definition) is 2. The summed E-state index contributed by atoms with van der Waals surface area (Å²) in [6.45, 7) is 1.74. The largest absolute Gasteiger partial charge is 0.478 e. The average molecular weight is 447 g/mol. The van der Waals surface area contributed by atoms with Crippen LogP contribution in [0.3, 0.4) is 0 Å². The molecule has 0 fully saturated rings. The number of anilines is 1. The first-order valence-electron chi connectivity index (χ1n) is 9.98. The zero-order valence-electron chi connectivity index (χ0n) is 17.6. The average Bonchev–Trinajstić information content (AvgIpc) is 2.83. The Morgan fingerprint density at radius 1 is 0.697 bits per heavy atom. The van der Waals surface area contributed by atoms with Crippen LogP contribution in [0.25, 0.3) is 0 Å². The second-order valence-corrected chi connectivity index (χ2v) is 7.03. The molecule has 0 aliphatic heterocycles. The molecule has 0 spiro atoms. The van der Waals surface area contributed by atoms with Gasteiger partial charge in [-0.1, -0.05) is 54.6 Å². The number of hydrogen-bond acceptors (Lipinski definition) is 6. The van der Waals surface area contributed by atoms with Crippen LogP contribution in [-0.2, 0) is 19.1 Å². The predicted molar refractivity (Wildman–Crippen MR) is 119 cm³/mol. The van der Waals surface area contributed by atoms with E-state index in [0.29, 0.717) is 11.3 Å². The van der Waals surface area contributed by atoms with Crippen molar-refractivity contribution in [1.82, 2.24) is 0 Å². The summed E-state index contributed by atoms with van der Waals surface area (Å²) in [5.41, 5.74) is 1.27. The number of carbonyl (C=O) groups is 4. The predicted octanol–water partition coefficient (Wildman–Crippen LogP) is 3.47. The Hall–Kier alpha value is -4.46. The highest BCUT2D eigenvalue weighted by molar-refractivity contribution is 6.01. The molecule has 33 heavy (non-hydrogen) atoms. The molecule has 2 atom stereocenters. The molecule has 0 bridgehead atoms. The van der Waals surface area contributed by atoms with E-state index in [0.717, 1.165) is 0 Å². The summed E-state index contributed by atoms with van der Waals surface area (Å²) in [5.74, 6) is -4.53. The fraction of sp³-hybridized carbons (Fsp3) is 0.120. The third-order valence-electron chi connectivity index (χ3n) is 4.67. The van der Waals surface area contributed by atoms with Crippen LogP contribution in [0.5, 0.6) is 0 Å². The number of amides is 1. The van der Waals surface area contributed by atoms with E-state index >= 15 is 0 Å². The first-order valence-corrected chi connectivity index (χ1v) is 9.98. The van der Waals surface area contributed by atoms with Crippen molar-refractivity contribution in [3.8, 4) is 0 Å². The summed E-state index contributed by atoms with van der Waals surface area (Å²) < 4.78 is 10.4. The fourth-order valence-corrected chi connectivity index (χ4v) is 2.93. The highest BCUT2D eigenvalue weighted by Gasteiger charge is 2.41. The van der Waals surface area contributed by atoms with Gasteiger partial charge in [-0.25, -0.2) is 14.4 Å². The first-order chi connectivity index (χ1) is 15.9. The number of aliphatic carboxylic acids is 1. The molecule has 3 rings (SSSR count). The minimum Gasteiger partial charge on any atom is -0.478 e. The number of carboxylic acid groups (broad SMARTS) is 1. The summed E-state index contributed by atoms with van der Waals surface area (Å²) in [6.07, 6.45) is -4.04. The standard InChI is InChI=1S/C25H21NO7/c1-16-10-8-9-15-19(16)26-22(27)20(32-24(30)17-11-4-2-5-12-17)21(23(28)29)33-25(31)18-13-6-3-7-14-18/h2-15,20-21H,1H3,(H,26,27)(H,28,29). The van der Waals surface area contributed by atoms with Crippen LogP contribution in [0.15, 0.2) is 84.9 Å². The van der Waals surface area contributed by atoms with E-state index in [4.69, 9.17) is 9.47 Å². The molecule has 0 radical (unpaired) electrons. The van der Waals surface area contributed by atoms with Crippen LogP contribution in [0.1, 0.15) is 26.3 Å². The Kier molecular flexibility index (Phi) is 7.54. The lowest BCUT2D eigenvalue weighted by molar-refractivity contribution is -0.157. The van der Waals surface area contributed by atoms with Crippen molar-refractivity contribution < 1.29 is 33.8 Å². The van der Waals surface area contributed by atoms with Crippen LogP contribution >= 0.6 is 0 Å². The minimum atomic E-state index is -2.09. The zero-order valence-corrected chi connectivity index (χ0v) is 17.6. The van der Waals surface area contributed by atoms with E-state index in [9.17, 15) is 24.3 Å². The van der Waals surface area contributed by atoms with Crippen molar-refractivity contribution in [2.24, 2.45) is 0 Å². The Balaban J connectivity index is 1.91. The molecule has 3 aromatic rings. The van der Waals surface area contributed by atoms with E-state index in [1.165, 1.54) is 24.3 Å². The molecule has 0 aromatic heterocycles. The Morgan fingerprint density at radius 3 is 1.64 bits per heavy atom. The van der Waals surface area contributed by atoms with Gasteiger partial charge in [0.25, 0.3) is 5.91 Å². The van der Waals surface area contributed by atoms with Gasteiger partial charge in [0.2, 0.25) is 12.2 Å². The number of nitrogens with one attached hydrogen (secondary N) is 1. The fourth-order valence-electron chi connectivity index (χ4n) is 2.93. The Bertz CT molecular complexity index is 1150. The van der Waals surface area contributed by atoms with E-state index in [2.05, 4.69) is 5.32 Å². The molecule has 8 heteroatoms. The van der Waals surface area contributed by atoms with Gasteiger partial charge in [-0.3, -0.25) is 4.79 Å². The van der Waals surface area contributed by atoms with Gasteiger partial charge in [-0.2, -0.15) is 0 Å². The lowest BCUT2D eigenvalue weighted by Gasteiger charge is -2.24. The van der Waals surface area contributed by atoms with Crippen molar-refractivity contribution >= 4 is 29.5 Å². The summed E-state index contributed by atoms with van der Waals surface area (Å²) in [4.78, 5) is 50.2. The van der Waals surface area contributed by atoms with Gasteiger partial charge in [0.05, 0.1) is 11.1 Å². The maximum absolute atomic E-state index is 13.1. The van der Waals surface area contributed by atoms with Crippen LogP contribution in [-0.4, -0.2) is 41.1 Å². The summed E-state index contributed by atoms with van der Waals surface area (Å²) in [7, 11) is 0. The second-order valence-electron chi connectivity index (χ2n) is 7.03. The van der Waals surface area contributed by atoms with Crippen molar-refractivity contribution in [3.63, 3.8) is 0 Å². The van der Waals surface area contributed by atoms with Gasteiger partial charge in [0.1, 0.15) is 0 Å². The quantitative estimate of drug-likeness (QED) is 0.508. The van der Waals surface area contributed by atoms with E-state index in [1.54, 1.807) is 67.6 Å². The number of ether oxygens (including phenoxy) is 2. The van der Waals surface area contributed by atoms with Crippen molar-refractivity contribution in [1.29, 1.82) is 0 Å². The normalized spacial score (nSPS) is 12.2. The van der Waals surface area contributed by atoms with Crippen LogP contribution in [0, 0.1) is 6.92 Å². The molecular weight excluding hydrogens is 426 g/mol. The number of para-hydroxylation sites is 1. The molecule has 2 unspecified atom stereocenters. The molecule has 0 aliphatic rings. The highest BCUT2D eigenvalue weighted by Crippen LogP contribution is 2.18. The molecule has 2 N–H and O–H groups in total. The zero-order chi connectivity index (χ0) is 23.8. The van der Waals surface area contributed by atoms with Crippen molar-refractivity contribution in [2.75, 3.05) is 5.32 Å². The van der Waals surface area contributed by atoms with Gasteiger partial charge in [-0.05, 0) is 42.8 Å². The van der Waals surface area contributed by atoms with Crippen LogP contribution in [0.2, 0.25) is 0 Å².